The Morgan fingerprint density at radius 2 is 2.33 bits per heavy atom. The van der Waals surface area contributed by atoms with Gasteiger partial charge in [0.1, 0.15) is 0 Å². The predicted molar refractivity (Wildman–Crippen MR) is 50.3 cm³/mol. The molecule has 0 aromatic carbocycles. The molecule has 2 fully saturated rings. The molecule has 6 nitrogen and oxygen atoms in total. The first-order valence-electron chi connectivity index (χ1n) is 5.12. The third-order valence-electron chi connectivity index (χ3n) is 2.78. The van der Waals surface area contributed by atoms with Gasteiger partial charge < -0.3 is 9.84 Å². The summed E-state index contributed by atoms with van der Waals surface area (Å²) in [4.78, 5) is 23.5. The van der Waals surface area contributed by atoms with Crippen LogP contribution in [0.2, 0.25) is 0 Å². The van der Waals surface area contributed by atoms with Gasteiger partial charge in [-0.25, -0.2) is 9.59 Å². The lowest BCUT2D eigenvalue weighted by Crippen LogP contribution is -2.49. The van der Waals surface area contributed by atoms with E-state index in [4.69, 9.17) is 9.84 Å². The zero-order valence-corrected chi connectivity index (χ0v) is 8.31. The lowest BCUT2D eigenvalue weighted by molar-refractivity contribution is -0.144. The molecule has 0 bridgehead atoms. The average Bonchev–Trinajstić information content (AvgIpc) is 2.62. The lowest BCUT2D eigenvalue weighted by atomic mass is 10.1. The topological polar surface area (TPSA) is 78.9 Å². The molecule has 0 saturated carbocycles. The molecule has 0 spiro atoms. The Labute approximate surface area is 87.2 Å². The summed E-state index contributed by atoms with van der Waals surface area (Å²) in [6, 6.07) is 0. The maximum atomic E-state index is 11.4. The summed E-state index contributed by atoms with van der Waals surface area (Å²) >= 11 is 0. The number of carbonyl (C=O) groups excluding carboxylic acids is 1. The van der Waals surface area contributed by atoms with Crippen molar-refractivity contribution in [2.45, 2.75) is 31.5 Å². The van der Waals surface area contributed by atoms with Gasteiger partial charge in [-0.15, -0.1) is 0 Å². The van der Waals surface area contributed by atoms with Crippen molar-refractivity contribution in [2.75, 3.05) is 13.1 Å². The van der Waals surface area contributed by atoms with Crippen molar-refractivity contribution in [1.29, 1.82) is 0 Å². The summed E-state index contributed by atoms with van der Waals surface area (Å²) in [7, 11) is 0. The minimum atomic E-state index is -1.08. The molecule has 2 aliphatic rings. The molecule has 2 heterocycles. The second-order valence-electron chi connectivity index (χ2n) is 3.83. The fourth-order valence-corrected chi connectivity index (χ4v) is 1.96. The van der Waals surface area contributed by atoms with Crippen LogP contribution in [-0.2, 0) is 9.53 Å². The zero-order chi connectivity index (χ0) is 10.8. The van der Waals surface area contributed by atoms with E-state index in [0.29, 0.717) is 0 Å². The molecular weight excluding hydrogens is 200 g/mol. The van der Waals surface area contributed by atoms with Gasteiger partial charge in [-0.2, -0.15) is 0 Å². The molecule has 84 valence electrons. The number of nitrogens with zero attached hydrogens (tertiary/aromatic N) is 1. The molecule has 1 unspecified atom stereocenters. The molecule has 2 saturated heterocycles. The highest BCUT2D eigenvalue weighted by molar-refractivity contribution is 5.81. The van der Waals surface area contributed by atoms with Crippen molar-refractivity contribution in [3.63, 3.8) is 0 Å². The fraction of sp³-hybridized carbons (Fsp3) is 0.778. The molecule has 0 aromatic rings. The predicted octanol–water partition coefficient (Wildman–Crippen LogP) is -0.00860. The minimum Gasteiger partial charge on any atom is -0.478 e. The van der Waals surface area contributed by atoms with Crippen LogP contribution in [0.4, 0.5) is 4.79 Å². The van der Waals surface area contributed by atoms with Crippen molar-refractivity contribution in [3.05, 3.63) is 0 Å². The maximum absolute atomic E-state index is 11.4. The number of carboxylic acids is 1. The van der Waals surface area contributed by atoms with E-state index in [1.54, 1.807) is 0 Å². The highest BCUT2D eigenvalue weighted by Gasteiger charge is 2.39. The second-order valence-corrected chi connectivity index (χ2v) is 3.83. The largest absolute Gasteiger partial charge is 0.478 e. The number of nitrogens with one attached hydrogen (secondary N) is 1. The van der Waals surface area contributed by atoms with Crippen LogP contribution in [0.3, 0.4) is 0 Å². The van der Waals surface area contributed by atoms with Crippen LogP contribution in [-0.4, -0.2) is 47.4 Å². The Bertz CT molecular complexity index is 275. The summed E-state index contributed by atoms with van der Waals surface area (Å²) < 4.78 is 4.74. The molecule has 2 N–H and O–H groups in total. The number of ether oxygens (including phenoxy) is 1. The minimum absolute atomic E-state index is 0.0596. The summed E-state index contributed by atoms with van der Waals surface area (Å²) in [5, 5.41) is 11.9. The van der Waals surface area contributed by atoms with Crippen molar-refractivity contribution >= 4 is 12.1 Å². The molecule has 0 radical (unpaired) electrons. The van der Waals surface area contributed by atoms with Gasteiger partial charge >= 0.3 is 12.1 Å². The van der Waals surface area contributed by atoms with Gasteiger partial charge in [0.15, 0.2) is 0 Å². The van der Waals surface area contributed by atoms with Gasteiger partial charge in [0.05, 0.1) is 12.7 Å². The number of piperidine rings is 1. The summed E-state index contributed by atoms with van der Waals surface area (Å²) in [5.41, 5.74) is 0. The lowest BCUT2D eigenvalue weighted by Gasteiger charge is -2.29. The first-order valence-corrected chi connectivity index (χ1v) is 5.12. The number of cyclic esters (lactones) is 1. The number of carboxylic acid groups (broad SMARTS) is 1. The van der Waals surface area contributed by atoms with Crippen LogP contribution in [0.5, 0.6) is 0 Å². The van der Waals surface area contributed by atoms with Crippen LogP contribution in [0.1, 0.15) is 19.3 Å². The Kier molecular flexibility index (Phi) is 2.77. The van der Waals surface area contributed by atoms with E-state index in [1.165, 1.54) is 4.90 Å². The Morgan fingerprint density at radius 3 is 2.87 bits per heavy atom. The normalized spacial score (nSPS) is 31.5. The third-order valence-corrected chi connectivity index (χ3v) is 2.78. The number of carbonyl (C=O) groups is 2. The van der Waals surface area contributed by atoms with E-state index in [1.807, 2.05) is 0 Å². The molecule has 1 amide bonds. The van der Waals surface area contributed by atoms with Gasteiger partial charge in [-0.1, -0.05) is 0 Å². The molecule has 6 heteroatoms. The van der Waals surface area contributed by atoms with Crippen molar-refractivity contribution < 1.29 is 19.4 Å². The summed E-state index contributed by atoms with van der Waals surface area (Å²) in [6.07, 6.45) is 1.42. The van der Waals surface area contributed by atoms with Gasteiger partial charge in [0.25, 0.3) is 0 Å². The second kappa shape index (κ2) is 4.06. The monoisotopic (exact) mass is 214 g/mol. The highest BCUT2D eigenvalue weighted by atomic mass is 16.6. The van der Waals surface area contributed by atoms with Gasteiger partial charge in [-0.05, 0) is 25.8 Å². The van der Waals surface area contributed by atoms with Gasteiger partial charge in [-0.3, -0.25) is 10.2 Å². The van der Waals surface area contributed by atoms with Crippen LogP contribution in [0.25, 0.3) is 0 Å². The number of hydrogen-bond acceptors (Lipinski definition) is 4. The Morgan fingerprint density at radius 1 is 1.53 bits per heavy atom. The first-order chi connectivity index (χ1) is 7.18. The number of amides is 1. The zero-order valence-electron chi connectivity index (χ0n) is 8.31. The third kappa shape index (κ3) is 2.04. The van der Waals surface area contributed by atoms with Crippen molar-refractivity contribution in [3.8, 4) is 0 Å². The molecule has 2 rings (SSSR count). The molecule has 0 aromatic heterocycles. The van der Waals surface area contributed by atoms with Crippen LogP contribution < -0.4 is 5.32 Å². The Balaban J connectivity index is 1.97. The summed E-state index contributed by atoms with van der Waals surface area (Å²) in [5.74, 6) is -1.08. The fourth-order valence-electron chi connectivity index (χ4n) is 1.96. The van der Waals surface area contributed by atoms with Crippen LogP contribution >= 0.6 is 0 Å². The SMILES string of the molecule is O=C(O)[C@H]1CN(C2CCCCN2)C(=O)O1. The van der Waals surface area contributed by atoms with Crippen LogP contribution in [0.15, 0.2) is 0 Å². The molecule has 0 aliphatic carbocycles. The maximum Gasteiger partial charge on any atom is 0.412 e. The first kappa shape index (κ1) is 10.2. The van der Waals surface area contributed by atoms with Crippen LogP contribution in [0, 0.1) is 0 Å². The van der Waals surface area contributed by atoms with E-state index in [0.717, 1.165) is 25.8 Å². The average molecular weight is 214 g/mol. The van der Waals surface area contributed by atoms with E-state index < -0.39 is 18.2 Å². The highest BCUT2D eigenvalue weighted by Crippen LogP contribution is 2.18. The van der Waals surface area contributed by atoms with Gasteiger partial charge in [0.2, 0.25) is 6.10 Å². The van der Waals surface area contributed by atoms with E-state index >= 15 is 0 Å². The molecule has 15 heavy (non-hydrogen) atoms. The number of hydrogen-bond donors (Lipinski definition) is 2. The van der Waals surface area contributed by atoms with E-state index in [2.05, 4.69) is 5.32 Å². The molecule has 2 aliphatic heterocycles. The smallest absolute Gasteiger partial charge is 0.412 e. The van der Waals surface area contributed by atoms with E-state index in [-0.39, 0.29) is 12.7 Å². The Hall–Kier alpha value is -1.30. The quantitative estimate of drug-likeness (QED) is 0.676. The molecular formula is C9H14N2O4. The molecule has 2 atom stereocenters. The summed E-state index contributed by atoms with van der Waals surface area (Å²) in [6.45, 7) is 1.01. The van der Waals surface area contributed by atoms with Crippen molar-refractivity contribution in [2.24, 2.45) is 0 Å². The van der Waals surface area contributed by atoms with Crippen molar-refractivity contribution in [1.82, 2.24) is 10.2 Å². The van der Waals surface area contributed by atoms with E-state index in [9.17, 15) is 9.59 Å². The number of aliphatic carboxylic acids is 1. The van der Waals surface area contributed by atoms with Gasteiger partial charge in [0, 0.05) is 0 Å². The number of rotatable bonds is 2. The standard InChI is InChI=1S/C9H14N2O4/c12-8(13)6-5-11(9(14)15-6)7-3-1-2-4-10-7/h6-7,10H,1-5H2,(H,12,13)/t6-,7?/m1/s1.